The first-order valence-corrected chi connectivity index (χ1v) is 23.0. The van der Waals surface area contributed by atoms with Gasteiger partial charge in [0.25, 0.3) is 0 Å². The van der Waals surface area contributed by atoms with Crippen LogP contribution in [0.4, 0.5) is 42.9 Å². The van der Waals surface area contributed by atoms with Gasteiger partial charge in [-0.05, 0) is 191 Å². The van der Waals surface area contributed by atoms with Gasteiger partial charge in [-0.1, -0.05) is 110 Å². The third-order valence-corrected chi connectivity index (χ3v) is 14.5. The van der Waals surface area contributed by atoms with Gasteiger partial charge >= 0.3 is 0 Å². The molecule has 0 fully saturated rings. The summed E-state index contributed by atoms with van der Waals surface area (Å²) in [6.45, 7) is 6.54. The molecule has 2 aliphatic carbocycles. The lowest BCUT2D eigenvalue weighted by atomic mass is 9.66. The number of aryl methyl sites for hydroxylation is 3. The predicted molar refractivity (Wildman–Crippen MR) is 262 cm³/mol. The van der Waals surface area contributed by atoms with Gasteiger partial charge in [0, 0.05) is 32.5 Å². The van der Waals surface area contributed by atoms with Gasteiger partial charge in [-0.25, -0.2) is 8.78 Å². The minimum Gasteiger partial charge on any atom is -0.308 e. The molecule has 11 rings (SSSR count). The molecule has 5 heteroatoms. The molecule has 0 aromatic heterocycles. The minimum absolute atomic E-state index is 0.325. The molecule has 0 bridgehead atoms. The van der Waals surface area contributed by atoms with E-state index in [0.29, 0.717) is 0 Å². The normalized spacial score (nSPS) is 14.2. The van der Waals surface area contributed by atoms with E-state index in [1.54, 1.807) is 24.3 Å². The molecule has 2 nitrogen and oxygen atoms in total. The van der Waals surface area contributed by atoms with Crippen molar-refractivity contribution in [2.75, 3.05) is 9.80 Å². The first-order valence-electron chi connectivity index (χ1n) is 22.2. The van der Waals surface area contributed by atoms with E-state index in [1.165, 1.54) is 84.1 Å². The molecule has 3 aliphatic rings. The number of benzene rings is 8. The van der Waals surface area contributed by atoms with E-state index in [1.807, 2.05) is 11.8 Å². The Balaban J connectivity index is 1.23. The number of fused-ring (bicyclic) bond motifs is 8. The molecular weight excluding hydrogens is 807 g/mol. The highest BCUT2D eigenvalue weighted by molar-refractivity contribution is 7.99. The van der Waals surface area contributed by atoms with Crippen molar-refractivity contribution in [1.29, 1.82) is 0 Å². The SMILES string of the molecule is CCc1ccc(C)c(-c2cc(N(c3ccccc3)c3ccc4c(c3)C3(C5=C4CCC=C5)c4ccccc4Sc4ccccc43)c(N(c3ccc(F)cc3)c3ccc(F)cc3)cc2C)c1. The van der Waals surface area contributed by atoms with E-state index in [4.69, 9.17) is 0 Å². The molecule has 0 saturated carbocycles. The molecule has 1 spiro atoms. The maximum absolute atomic E-state index is 14.7. The molecule has 0 N–H and O–H groups in total. The van der Waals surface area contributed by atoms with Crippen LogP contribution < -0.4 is 9.80 Å². The van der Waals surface area contributed by atoms with Gasteiger partial charge in [0.2, 0.25) is 0 Å². The van der Waals surface area contributed by atoms with E-state index in [-0.39, 0.29) is 11.6 Å². The van der Waals surface area contributed by atoms with Crippen LogP contribution in [0.25, 0.3) is 16.7 Å². The second-order valence-electron chi connectivity index (χ2n) is 17.0. The number of nitrogens with zero attached hydrogens (tertiary/aromatic N) is 2. The Morgan fingerprint density at radius 1 is 0.516 bits per heavy atom. The molecule has 8 aromatic rings. The fourth-order valence-corrected chi connectivity index (χ4v) is 11.6. The lowest BCUT2D eigenvalue weighted by Gasteiger charge is -2.41. The fourth-order valence-electron chi connectivity index (χ4n) is 10.4. The van der Waals surface area contributed by atoms with Crippen LogP contribution >= 0.6 is 11.8 Å². The van der Waals surface area contributed by atoms with Gasteiger partial charge in [0.05, 0.1) is 16.8 Å². The predicted octanol–water partition coefficient (Wildman–Crippen LogP) is 16.7. The molecule has 1 aliphatic heterocycles. The summed E-state index contributed by atoms with van der Waals surface area (Å²) in [6, 6.07) is 60.1. The average molecular weight is 853 g/mol. The number of hydrogen-bond donors (Lipinski definition) is 0. The van der Waals surface area contributed by atoms with Crippen LogP contribution in [-0.4, -0.2) is 0 Å². The quantitative estimate of drug-likeness (QED) is 0.150. The Bertz CT molecular complexity index is 3080. The Labute approximate surface area is 378 Å². The van der Waals surface area contributed by atoms with Crippen LogP contribution in [-0.2, 0) is 11.8 Å². The molecular formula is C59H46F2N2S. The average Bonchev–Trinajstić information content (AvgIpc) is 3.61. The molecule has 64 heavy (non-hydrogen) atoms. The van der Waals surface area contributed by atoms with Gasteiger partial charge in [-0.3, -0.25) is 0 Å². The van der Waals surface area contributed by atoms with Gasteiger partial charge < -0.3 is 9.80 Å². The number of allylic oxidation sites excluding steroid dienone is 4. The van der Waals surface area contributed by atoms with Crippen LogP contribution in [0.2, 0.25) is 0 Å². The Morgan fingerprint density at radius 3 is 1.73 bits per heavy atom. The fraction of sp³-hybridized carbons (Fsp3) is 0.119. The molecule has 0 saturated heterocycles. The highest BCUT2D eigenvalue weighted by Crippen LogP contribution is 2.63. The van der Waals surface area contributed by atoms with E-state index in [2.05, 4.69) is 170 Å². The summed E-state index contributed by atoms with van der Waals surface area (Å²) in [5.74, 6) is -0.650. The molecule has 0 radical (unpaired) electrons. The number of anilines is 6. The van der Waals surface area contributed by atoms with Crippen molar-refractivity contribution in [1.82, 2.24) is 0 Å². The molecule has 312 valence electrons. The zero-order valence-corrected chi connectivity index (χ0v) is 36.9. The monoisotopic (exact) mass is 852 g/mol. The van der Waals surface area contributed by atoms with Crippen molar-refractivity contribution in [2.24, 2.45) is 0 Å². The van der Waals surface area contributed by atoms with Crippen molar-refractivity contribution in [2.45, 2.75) is 55.2 Å². The maximum atomic E-state index is 14.7. The van der Waals surface area contributed by atoms with Gasteiger partial charge in [0.1, 0.15) is 11.6 Å². The van der Waals surface area contributed by atoms with Crippen LogP contribution in [0.15, 0.2) is 203 Å². The summed E-state index contributed by atoms with van der Waals surface area (Å²) in [5.41, 5.74) is 18.6. The largest absolute Gasteiger partial charge is 0.308 e. The standard InChI is InChI=1S/C59H46F2N2S/c1-4-40-23-22-38(2)49(35-40)50-37-56(55(34-39(50)3)62(44-28-24-41(60)25-29-44)45-30-26-42(61)27-31-45)63(43-14-6-5-7-15-43)46-32-33-48-47-16-8-9-17-51(47)59(54(48)36-46)52-18-10-12-20-57(52)64-58-21-13-11-19-53(58)59/h5-7,9-15,17-37H,4,8,16H2,1-3H3. The number of para-hydroxylation sites is 1. The lowest BCUT2D eigenvalue weighted by molar-refractivity contribution is 0.628. The first kappa shape index (κ1) is 39.9. The Hall–Kier alpha value is -6.95. The van der Waals surface area contributed by atoms with E-state index in [9.17, 15) is 8.78 Å². The second-order valence-corrected chi connectivity index (χ2v) is 18.1. The summed E-state index contributed by atoms with van der Waals surface area (Å²) < 4.78 is 29.5. The Morgan fingerprint density at radius 2 is 1.08 bits per heavy atom. The van der Waals surface area contributed by atoms with Crippen molar-refractivity contribution in [3.8, 4) is 11.1 Å². The Kier molecular flexibility index (Phi) is 9.96. The number of halogens is 2. The van der Waals surface area contributed by atoms with Crippen molar-refractivity contribution < 1.29 is 8.78 Å². The third kappa shape index (κ3) is 6.44. The summed E-state index contributed by atoms with van der Waals surface area (Å²) >= 11 is 1.86. The van der Waals surface area contributed by atoms with E-state index < -0.39 is 5.41 Å². The highest BCUT2D eigenvalue weighted by atomic mass is 32.2. The van der Waals surface area contributed by atoms with Gasteiger partial charge in [-0.2, -0.15) is 0 Å². The zero-order valence-electron chi connectivity index (χ0n) is 36.1. The summed E-state index contributed by atoms with van der Waals surface area (Å²) in [5, 5.41) is 0. The summed E-state index contributed by atoms with van der Waals surface area (Å²) in [7, 11) is 0. The highest BCUT2D eigenvalue weighted by Gasteiger charge is 2.51. The smallest absolute Gasteiger partial charge is 0.123 e. The van der Waals surface area contributed by atoms with Crippen LogP contribution in [0.1, 0.15) is 58.7 Å². The van der Waals surface area contributed by atoms with Crippen molar-refractivity contribution in [3.05, 3.63) is 244 Å². The van der Waals surface area contributed by atoms with Crippen molar-refractivity contribution in [3.63, 3.8) is 0 Å². The molecule has 0 amide bonds. The van der Waals surface area contributed by atoms with Crippen LogP contribution in [0, 0.1) is 25.5 Å². The molecule has 0 unspecified atom stereocenters. The van der Waals surface area contributed by atoms with Gasteiger partial charge in [-0.15, -0.1) is 0 Å². The van der Waals surface area contributed by atoms with Crippen LogP contribution in [0.3, 0.4) is 0 Å². The summed E-state index contributed by atoms with van der Waals surface area (Å²) in [6.07, 6.45) is 7.65. The van der Waals surface area contributed by atoms with Crippen molar-refractivity contribution >= 4 is 51.5 Å². The van der Waals surface area contributed by atoms with Gasteiger partial charge in [0.15, 0.2) is 0 Å². The molecule has 8 aromatic carbocycles. The number of hydrogen-bond acceptors (Lipinski definition) is 3. The number of rotatable bonds is 8. The van der Waals surface area contributed by atoms with E-state index in [0.717, 1.165) is 64.5 Å². The third-order valence-electron chi connectivity index (χ3n) is 13.4. The zero-order chi connectivity index (χ0) is 43.5. The minimum atomic E-state index is -0.522. The van der Waals surface area contributed by atoms with Crippen LogP contribution in [0.5, 0.6) is 0 Å². The molecule has 1 heterocycles. The maximum Gasteiger partial charge on any atom is 0.123 e. The second kappa shape index (κ2) is 16.0. The topological polar surface area (TPSA) is 6.48 Å². The summed E-state index contributed by atoms with van der Waals surface area (Å²) in [4.78, 5) is 7.05. The van der Waals surface area contributed by atoms with E-state index >= 15 is 0 Å². The lowest BCUT2D eigenvalue weighted by Crippen LogP contribution is -2.33. The molecule has 0 atom stereocenters. The first-order chi connectivity index (χ1) is 31.3.